The number of imide groups is 1. The Labute approximate surface area is 156 Å². The third kappa shape index (κ3) is 5.97. The van der Waals surface area contributed by atoms with Crippen molar-refractivity contribution in [3.8, 4) is 0 Å². The van der Waals surface area contributed by atoms with Crippen molar-refractivity contribution in [2.75, 3.05) is 32.7 Å². The molecule has 1 saturated carbocycles. The number of carbonyl (C=O) groups is 3. The van der Waals surface area contributed by atoms with E-state index in [0.29, 0.717) is 32.7 Å². The maximum atomic E-state index is 12.6. The third-order valence-corrected chi connectivity index (χ3v) is 5.56. The van der Waals surface area contributed by atoms with Gasteiger partial charge in [-0.2, -0.15) is 0 Å². The van der Waals surface area contributed by atoms with Crippen LogP contribution in [0, 0.1) is 5.92 Å². The van der Waals surface area contributed by atoms with Gasteiger partial charge in [-0.3, -0.25) is 19.8 Å². The summed E-state index contributed by atoms with van der Waals surface area (Å²) in [5.74, 6) is 0.200. The molecule has 1 unspecified atom stereocenters. The molecule has 2 fully saturated rings. The summed E-state index contributed by atoms with van der Waals surface area (Å²) in [6.07, 6.45) is 7.50. The molecule has 7 heteroatoms. The molecule has 4 amide bonds. The van der Waals surface area contributed by atoms with Gasteiger partial charge < -0.3 is 10.2 Å². The fourth-order valence-corrected chi connectivity index (χ4v) is 3.74. The molecule has 148 valence electrons. The number of amides is 4. The number of nitrogens with one attached hydrogen (secondary N) is 2. The van der Waals surface area contributed by atoms with Crippen LogP contribution < -0.4 is 10.6 Å². The summed E-state index contributed by atoms with van der Waals surface area (Å²) < 4.78 is 0. The Bertz CT molecular complexity index is 483. The van der Waals surface area contributed by atoms with Gasteiger partial charge in [-0.25, -0.2) is 4.79 Å². The van der Waals surface area contributed by atoms with Crippen LogP contribution in [0.25, 0.3) is 0 Å². The first kappa shape index (κ1) is 20.7. The summed E-state index contributed by atoms with van der Waals surface area (Å²) in [6, 6.07) is -0.805. The maximum Gasteiger partial charge on any atom is 0.321 e. The van der Waals surface area contributed by atoms with Crippen molar-refractivity contribution >= 4 is 17.8 Å². The van der Waals surface area contributed by atoms with Crippen LogP contribution in [0.3, 0.4) is 0 Å². The van der Waals surface area contributed by atoms with Crippen LogP contribution >= 0.6 is 0 Å². The second-order valence-corrected chi connectivity index (χ2v) is 7.47. The van der Waals surface area contributed by atoms with Gasteiger partial charge >= 0.3 is 6.03 Å². The highest BCUT2D eigenvalue weighted by Gasteiger charge is 2.31. The van der Waals surface area contributed by atoms with Gasteiger partial charge in [-0.15, -0.1) is 0 Å². The minimum absolute atomic E-state index is 0.197. The molecule has 0 spiro atoms. The zero-order valence-electron chi connectivity index (χ0n) is 16.3. The first-order valence-corrected chi connectivity index (χ1v) is 10.1. The highest BCUT2D eigenvalue weighted by Crippen LogP contribution is 2.25. The smallest absolute Gasteiger partial charge is 0.321 e. The van der Waals surface area contributed by atoms with Crippen molar-refractivity contribution in [3.63, 3.8) is 0 Å². The lowest BCUT2D eigenvalue weighted by Crippen LogP contribution is -2.57. The van der Waals surface area contributed by atoms with E-state index < -0.39 is 6.03 Å². The minimum atomic E-state index is -0.429. The Hall–Kier alpha value is -1.63. The molecule has 0 radical (unpaired) electrons. The Morgan fingerprint density at radius 3 is 2.31 bits per heavy atom. The van der Waals surface area contributed by atoms with Crippen LogP contribution in [-0.4, -0.2) is 66.4 Å². The van der Waals surface area contributed by atoms with Crippen LogP contribution in [0.4, 0.5) is 4.79 Å². The lowest BCUT2D eigenvalue weighted by Gasteiger charge is -2.39. The van der Waals surface area contributed by atoms with Gasteiger partial charge in [0.05, 0.1) is 6.04 Å². The fraction of sp³-hybridized carbons (Fsp3) is 0.842. The predicted octanol–water partition coefficient (Wildman–Crippen LogP) is 1.73. The summed E-state index contributed by atoms with van der Waals surface area (Å²) in [6.45, 7) is 7.10. The first-order chi connectivity index (χ1) is 12.5. The van der Waals surface area contributed by atoms with E-state index in [-0.39, 0.29) is 23.8 Å². The van der Waals surface area contributed by atoms with E-state index in [4.69, 9.17) is 0 Å². The molecule has 0 aromatic carbocycles. The number of hydrogen-bond donors (Lipinski definition) is 2. The van der Waals surface area contributed by atoms with E-state index in [0.717, 1.165) is 38.5 Å². The van der Waals surface area contributed by atoms with Gasteiger partial charge in [-0.05, 0) is 26.2 Å². The summed E-state index contributed by atoms with van der Waals surface area (Å²) in [4.78, 5) is 40.6. The number of unbranched alkanes of at least 4 members (excludes halogenated alkanes) is 1. The fourth-order valence-electron chi connectivity index (χ4n) is 3.74. The molecular formula is C19H34N4O3. The second kappa shape index (κ2) is 10.5. The standard InChI is InChI=1S/C19H34N4O3/c1-3-4-10-20-19(26)21-17(24)15(2)22-11-13-23(14-12-22)18(25)16-8-6-5-7-9-16/h15-16H,3-14H2,1-2H3,(H2,20,21,24,26). The largest absolute Gasteiger partial charge is 0.340 e. The second-order valence-electron chi connectivity index (χ2n) is 7.47. The highest BCUT2D eigenvalue weighted by molar-refractivity contribution is 5.96. The van der Waals surface area contributed by atoms with Gasteiger partial charge in [0.1, 0.15) is 0 Å². The molecule has 0 aromatic heterocycles. The SMILES string of the molecule is CCCCNC(=O)NC(=O)C(C)N1CCN(C(=O)C2CCCCC2)CC1. The van der Waals surface area contributed by atoms with E-state index >= 15 is 0 Å². The molecule has 1 aliphatic heterocycles. The lowest BCUT2D eigenvalue weighted by atomic mass is 9.88. The Kier molecular flexibility index (Phi) is 8.35. The number of carbonyl (C=O) groups excluding carboxylic acids is 3. The van der Waals surface area contributed by atoms with E-state index in [2.05, 4.69) is 10.6 Å². The van der Waals surface area contributed by atoms with Crippen LogP contribution in [0.2, 0.25) is 0 Å². The molecule has 1 heterocycles. The van der Waals surface area contributed by atoms with Gasteiger partial charge in [-0.1, -0.05) is 32.6 Å². The van der Waals surface area contributed by atoms with Gasteiger partial charge in [0, 0.05) is 38.6 Å². The molecule has 1 aliphatic carbocycles. The molecule has 1 atom stereocenters. The lowest BCUT2D eigenvalue weighted by molar-refractivity contribution is -0.139. The number of rotatable bonds is 6. The minimum Gasteiger partial charge on any atom is -0.340 e. The summed E-state index contributed by atoms with van der Waals surface area (Å²) in [5, 5.41) is 5.10. The zero-order valence-corrected chi connectivity index (χ0v) is 16.3. The summed E-state index contributed by atoms with van der Waals surface area (Å²) in [5.41, 5.74) is 0. The van der Waals surface area contributed by atoms with Crippen molar-refractivity contribution in [2.24, 2.45) is 5.92 Å². The normalized spacial score (nSPS) is 20.5. The van der Waals surface area contributed by atoms with Crippen LogP contribution in [0.5, 0.6) is 0 Å². The van der Waals surface area contributed by atoms with E-state index in [1.54, 1.807) is 0 Å². The first-order valence-electron chi connectivity index (χ1n) is 10.1. The molecular weight excluding hydrogens is 332 g/mol. The van der Waals surface area contributed by atoms with Crippen molar-refractivity contribution in [1.82, 2.24) is 20.4 Å². The zero-order chi connectivity index (χ0) is 18.9. The van der Waals surface area contributed by atoms with Gasteiger partial charge in [0.25, 0.3) is 0 Å². The topological polar surface area (TPSA) is 81.8 Å². The van der Waals surface area contributed by atoms with Gasteiger partial charge in [0.15, 0.2) is 0 Å². The van der Waals surface area contributed by atoms with Crippen LogP contribution in [-0.2, 0) is 9.59 Å². The molecule has 26 heavy (non-hydrogen) atoms. The van der Waals surface area contributed by atoms with Crippen molar-refractivity contribution in [3.05, 3.63) is 0 Å². The van der Waals surface area contributed by atoms with E-state index in [1.807, 2.05) is 23.6 Å². The predicted molar refractivity (Wildman–Crippen MR) is 101 cm³/mol. The molecule has 2 aliphatic rings. The van der Waals surface area contributed by atoms with Crippen molar-refractivity contribution in [1.29, 1.82) is 0 Å². The average molecular weight is 367 g/mol. The Morgan fingerprint density at radius 2 is 1.69 bits per heavy atom. The molecule has 2 N–H and O–H groups in total. The number of hydrogen-bond acceptors (Lipinski definition) is 4. The van der Waals surface area contributed by atoms with Crippen molar-refractivity contribution < 1.29 is 14.4 Å². The molecule has 0 aromatic rings. The molecule has 2 rings (SSSR count). The Balaban J connectivity index is 1.73. The Morgan fingerprint density at radius 1 is 1.04 bits per heavy atom. The maximum absolute atomic E-state index is 12.6. The average Bonchev–Trinajstić information content (AvgIpc) is 2.67. The number of nitrogens with zero attached hydrogens (tertiary/aromatic N) is 2. The molecule has 0 bridgehead atoms. The third-order valence-electron chi connectivity index (χ3n) is 5.56. The van der Waals surface area contributed by atoms with Crippen molar-refractivity contribution in [2.45, 2.75) is 64.8 Å². The molecule has 1 saturated heterocycles. The summed E-state index contributed by atoms with van der Waals surface area (Å²) >= 11 is 0. The monoisotopic (exact) mass is 366 g/mol. The quantitative estimate of drug-likeness (QED) is 0.702. The van der Waals surface area contributed by atoms with E-state index in [9.17, 15) is 14.4 Å². The molecule has 7 nitrogen and oxygen atoms in total. The number of piperazine rings is 1. The van der Waals surface area contributed by atoms with Crippen LogP contribution in [0.1, 0.15) is 58.8 Å². The van der Waals surface area contributed by atoms with E-state index in [1.165, 1.54) is 6.42 Å². The summed E-state index contributed by atoms with van der Waals surface area (Å²) in [7, 11) is 0. The van der Waals surface area contributed by atoms with Gasteiger partial charge in [0.2, 0.25) is 11.8 Å². The van der Waals surface area contributed by atoms with Crippen LogP contribution in [0.15, 0.2) is 0 Å². The highest BCUT2D eigenvalue weighted by atomic mass is 16.2. The number of urea groups is 1.